The van der Waals surface area contributed by atoms with Gasteiger partial charge in [0.25, 0.3) is 0 Å². The first-order valence-electron chi connectivity index (χ1n) is 3.19. The first kappa shape index (κ1) is 6.53. The SMILES string of the molecule is CC1=CCC(F)C(C)=C1. The number of hydrogen-bond donors (Lipinski definition) is 0. The molecular formula is C8H11F. The normalized spacial score (nSPS) is 27.2. The maximum absolute atomic E-state index is 12.6. The standard InChI is InChI=1S/C8H11F/c1-6-3-4-8(9)7(2)5-6/h3,5,8H,4H2,1-2H3. The first-order chi connectivity index (χ1) is 4.20. The van der Waals surface area contributed by atoms with Gasteiger partial charge >= 0.3 is 0 Å². The van der Waals surface area contributed by atoms with E-state index in [0.717, 1.165) is 5.57 Å². The average molecular weight is 126 g/mol. The minimum Gasteiger partial charge on any atom is -0.242 e. The van der Waals surface area contributed by atoms with Crippen LogP contribution in [0.15, 0.2) is 23.3 Å². The molecule has 50 valence electrons. The van der Waals surface area contributed by atoms with Crippen LogP contribution < -0.4 is 0 Å². The fraction of sp³-hybridized carbons (Fsp3) is 0.500. The van der Waals surface area contributed by atoms with Crippen molar-refractivity contribution in [2.75, 3.05) is 0 Å². The first-order valence-corrected chi connectivity index (χ1v) is 3.19. The highest BCUT2D eigenvalue weighted by Gasteiger charge is 2.09. The highest BCUT2D eigenvalue weighted by atomic mass is 19.1. The molecule has 0 bridgehead atoms. The lowest BCUT2D eigenvalue weighted by molar-refractivity contribution is 0.381. The minimum absolute atomic E-state index is 0.564. The molecule has 9 heavy (non-hydrogen) atoms. The molecule has 1 unspecified atom stereocenters. The van der Waals surface area contributed by atoms with Gasteiger partial charge in [0.05, 0.1) is 0 Å². The van der Waals surface area contributed by atoms with E-state index in [1.54, 1.807) is 0 Å². The second-order valence-electron chi connectivity index (χ2n) is 2.54. The highest BCUT2D eigenvalue weighted by molar-refractivity contribution is 5.27. The zero-order valence-corrected chi connectivity index (χ0v) is 5.82. The van der Waals surface area contributed by atoms with E-state index in [4.69, 9.17) is 0 Å². The Morgan fingerprint density at radius 2 is 2.22 bits per heavy atom. The highest BCUT2D eigenvalue weighted by Crippen LogP contribution is 2.19. The van der Waals surface area contributed by atoms with Crippen LogP contribution in [-0.2, 0) is 0 Å². The van der Waals surface area contributed by atoms with E-state index in [0.29, 0.717) is 6.42 Å². The Balaban J connectivity index is 2.74. The summed E-state index contributed by atoms with van der Waals surface area (Å²) in [6.07, 6.45) is 3.66. The van der Waals surface area contributed by atoms with Crippen LogP contribution in [0.2, 0.25) is 0 Å². The number of allylic oxidation sites excluding steroid dienone is 4. The molecule has 0 saturated heterocycles. The summed E-state index contributed by atoms with van der Waals surface area (Å²) in [6.45, 7) is 3.83. The third-order valence-electron chi connectivity index (χ3n) is 1.60. The molecule has 1 atom stereocenters. The molecular weight excluding hydrogens is 115 g/mol. The van der Waals surface area contributed by atoms with Crippen molar-refractivity contribution >= 4 is 0 Å². The van der Waals surface area contributed by atoms with Crippen LogP contribution in [0.3, 0.4) is 0 Å². The summed E-state index contributed by atoms with van der Waals surface area (Å²) in [6, 6.07) is 0. The van der Waals surface area contributed by atoms with Crippen molar-refractivity contribution in [2.24, 2.45) is 0 Å². The zero-order chi connectivity index (χ0) is 6.85. The number of halogens is 1. The number of rotatable bonds is 0. The van der Waals surface area contributed by atoms with Crippen molar-refractivity contribution in [3.63, 3.8) is 0 Å². The molecule has 0 saturated carbocycles. The molecule has 1 rings (SSSR count). The lowest BCUT2D eigenvalue weighted by Gasteiger charge is -2.11. The van der Waals surface area contributed by atoms with E-state index in [1.165, 1.54) is 5.57 Å². The van der Waals surface area contributed by atoms with Crippen molar-refractivity contribution < 1.29 is 4.39 Å². The Hall–Kier alpha value is -0.590. The molecule has 1 aliphatic carbocycles. The van der Waals surface area contributed by atoms with Crippen LogP contribution in [0.5, 0.6) is 0 Å². The van der Waals surface area contributed by atoms with Gasteiger partial charge in [-0.2, -0.15) is 0 Å². The van der Waals surface area contributed by atoms with E-state index in [9.17, 15) is 4.39 Å². The third kappa shape index (κ3) is 1.41. The molecule has 1 heteroatoms. The van der Waals surface area contributed by atoms with Crippen LogP contribution in [0.4, 0.5) is 4.39 Å². The van der Waals surface area contributed by atoms with Crippen LogP contribution in [0, 0.1) is 0 Å². The van der Waals surface area contributed by atoms with E-state index in [1.807, 2.05) is 26.0 Å². The Morgan fingerprint density at radius 3 is 2.67 bits per heavy atom. The Labute approximate surface area is 55.1 Å². The van der Waals surface area contributed by atoms with Crippen LogP contribution >= 0.6 is 0 Å². The third-order valence-corrected chi connectivity index (χ3v) is 1.60. The molecule has 0 nitrogen and oxygen atoms in total. The largest absolute Gasteiger partial charge is 0.242 e. The van der Waals surface area contributed by atoms with Gasteiger partial charge in [0, 0.05) is 6.42 Å². The van der Waals surface area contributed by atoms with Crippen molar-refractivity contribution in [1.29, 1.82) is 0 Å². The van der Waals surface area contributed by atoms with Gasteiger partial charge in [-0.05, 0) is 19.4 Å². The minimum atomic E-state index is -0.728. The van der Waals surface area contributed by atoms with Gasteiger partial charge < -0.3 is 0 Å². The predicted octanol–water partition coefficient (Wildman–Crippen LogP) is 2.62. The lowest BCUT2D eigenvalue weighted by Crippen LogP contribution is -2.03. The molecule has 0 N–H and O–H groups in total. The fourth-order valence-corrected chi connectivity index (χ4v) is 0.984. The molecule has 0 aromatic carbocycles. The summed E-state index contributed by atoms with van der Waals surface area (Å²) in [5.74, 6) is 0. The van der Waals surface area contributed by atoms with Crippen LogP contribution in [-0.4, -0.2) is 6.17 Å². The van der Waals surface area contributed by atoms with Gasteiger partial charge in [0.1, 0.15) is 6.17 Å². The Bertz CT molecular complexity index is 165. The van der Waals surface area contributed by atoms with Gasteiger partial charge in [0.15, 0.2) is 0 Å². The summed E-state index contributed by atoms with van der Waals surface area (Å²) in [5, 5.41) is 0. The molecule has 0 radical (unpaired) electrons. The van der Waals surface area contributed by atoms with Gasteiger partial charge in [-0.15, -0.1) is 0 Å². The summed E-state index contributed by atoms with van der Waals surface area (Å²) in [7, 11) is 0. The van der Waals surface area contributed by atoms with Gasteiger partial charge in [-0.1, -0.05) is 17.7 Å². The van der Waals surface area contributed by atoms with Crippen LogP contribution in [0.25, 0.3) is 0 Å². The molecule has 0 amide bonds. The quantitative estimate of drug-likeness (QED) is 0.468. The van der Waals surface area contributed by atoms with Crippen molar-refractivity contribution in [3.05, 3.63) is 23.3 Å². The average Bonchev–Trinajstić information content (AvgIpc) is 1.80. The topological polar surface area (TPSA) is 0 Å². The van der Waals surface area contributed by atoms with Crippen molar-refractivity contribution in [3.8, 4) is 0 Å². The van der Waals surface area contributed by atoms with Crippen molar-refractivity contribution in [2.45, 2.75) is 26.4 Å². The predicted molar refractivity (Wildman–Crippen MR) is 37.0 cm³/mol. The molecule has 0 aromatic rings. The van der Waals surface area contributed by atoms with Gasteiger partial charge in [0.2, 0.25) is 0 Å². The Morgan fingerprint density at radius 1 is 1.56 bits per heavy atom. The number of hydrogen-bond acceptors (Lipinski definition) is 0. The summed E-state index contributed by atoms with van der Waals surface area (Å²) in [5.41, 5.74) is 2.04. The van der Waals surface area contributed by atoms with Crippen LogP contribution in [0.1, 0.15) is 20.3 Å². The lowest BCUT2D eigenvalue weighted by atomic mass is 10.0. The molecule has 0 fully saturated rings. The van der Waals surface area contributed by atoms with E-state index < -0.39 is 6.17 Å². The molecule has 0 heterocycles. The summed E-state index contributed by atoms with van der Waals surface area (Å²) >= 11 is 0. The summed E-state index contributed by atoms with van der Waals surface area (Å²) in [4.78, 5) is 0. The maximum atomic E-state index is 12.6. The van der Waals surface area contributed by atoms with E-state index in [-0.39, 0.29) is 0 Å². The number of alkyl halides is 1. The van der Waals surface area contributed by atoms with Crippen molar-refractivity contribution in [1.82, 2.24) is 0 Å². The fourth-order valence-electron chi connectivity index (χ4n) is 0.984. The van der Waals surface area contributed by atoms with E-state index >= 15 is 0 Å². The molecule has 0 aliphatic heterocycles. The maximum Gasteiger partial charge on any atom is 0.125 e. The second kappa shape index (κ2) is 2.34. The van der Waals surface area contributed by atoms with E-state index in [2.05, 4.69) is 0 Å². The molecule has 0 aromatic heterocycles. The monoisotopic (exact) mass is 126 g/mol. The summed E-state index contributed by atoms with van der Waals surface area (Å²) < 4.78 is 12.6. The Kier molecular flexibility index (Phi) is 1.70. The van der Waals surface area contributed by atoms with Gasteiger partial charge in [-0.3, -0.25) is 0 Å². The van der Waals surface area contributed by atoms with Gasteiger partial charge in [-0.25, -0.2) is 4.39 Å². The second-order valence-corrected chi connectivity index (χ2v) is 2.54. The molecule has 1 aliphatic rings. The molecule has 0 spiro atoms. The zero-order valence-electron chi connectivity index (χ0n) is 5.82. The smallest absolute Gasteiger partial charge is 0.125 e.